The second-order valence-corrected chi connectivity index (χ2v) is 7.91. The normalized spacial score (nSPS) is 21.9. The van der Waals surface area contributed by atoms with E-state index in [1.54, 1.807) is 17.0 Å². The van der Waals surface area contributed by atoms with Gasteiger partial charge in [-0.3, -0.25) is 14.6 Å². The standard InChI is InChI=1S/C22H23F3N4O2/c23-22(24,25)21(9-11-28(15-21)14-16-5-2-1-3-6-16)19(30)27-17-7-4-8-18(13-17)29-12-10-26-20(29)31/h1-8,13H,9-12,14-15H2,(H,26,31)(H,27,30). The number of alkyl halides is 3. The van der Waals surface area contributed by atoms with E-state index in [1.165, 1.54) is 17.0 Å². The predicted molar refractivity (Wildman–Crippen MR) is 111 cm³/mol. The van der Waals surface area contributed by atoms with Crippen LogP contribution >= 0.6 is 0 Å². The van der Waals surface area contributed by atoms with Gasteiger partial charge in [-0.15, -0.1) is 0 Å². The molecule has 4 rings (SSSR count). The van der Waals surface area contributed by atoms with Gasteiger partial charge in [0.1, 0.15) is 0 Å². The lowest BCUT2D eigenvalue weighted by atomic mass is 9.85. The van der Waals surface area contributed by atoms with E-state index < -0.39 is 24.0 Å². The number of halogens is 3. The minimum absolute atomic E-state index is 0.176. The summed E-state index contributed by atoms with van der Waals surface area (Å²) in [7, 11) is 0. The quantitative estimate of drug-likeness (QED) is 0.759. The molecule has 1 unspecified atom stereocenters. The minimum atomic E-state index is -4.69. The highest BCUT2D eigenvalue weighted by molar-refractivity contribution is 5.98. The van der Waals surface area contributed by atoms with E-state index in [9.17, 15) is 22.8 Å². The summed E-state index contributed by atoms with van der Waals surface area (Å²) >= 11 is 0. The van der Waals surface area contributed by atoms with Crippen molar-refractivity contribution < 1.29 is 22.8 Å². The van der Waals surface area contributed by atoms with Crippen molar-refractivity contribution in [3.05, 3.63) is 60.2 Å². The van der Waals surface area contributed by atoms with Crippen molar-refractivity contribution in [3.8, 4) is 0 Å². The highest BCUT2D eigenvalue weighted by Crippen LogP contribution is 2.46. The molecule has 1 atom stereocenters. The number of benzene rings is 2. The fraction of sp³-hybridized carbons (Fsp3) is 0.364. The number of urea groups is 1. The maximum Gasteiger partial charge on any atom is 0.404 e. The second-order valence-electron chi connectivity index (χ2n) is 7.91. The Hall–Kier alpha value is -3.07. The lowest BCUT2D eigenvalue weighted by molar-refractivity contribution is -0.215. The number of amides is 3. The molecule has 2 saturated heterocycles. The molecule has 0 radical (unpaired) electrons. The highest BCUT2D eigenvalue weighted by Gasteiger charge is 2.63. The number of carbonyl (C=O) groups excluding carboxylic acids is 2. The SMILES string of the molecule is O=C1NCCN1c1cccc(NC(=O)C2(C(F)(F)F)CCN(Cc3ccccc3)C2)c1. The predicted octanol–water partition coefficient (Wildman–Crippen LogP) is 3.61. The molecule has 2 aromatic rings. The van der Waals surface area contributed by atoms with E-state index in [4.69, 9.17) is 0 Å². The summed E-state index contributed by atoms with van der Waals surface area (Å²) in [4.78, 5) is 27.9. The van der Waals surface area contributed by atoms with Gasteiger partial charge in [0.25, 0.3) is 0 Å². The molecule has 164 valence electrons. The Labute approximate surface area is 178 Å². The molecule has 3 amide bonds. The molecule has 0 aliphatic carbocycles. The zero-order chi connectivity index (χ0) is 22.1. The van der Waals surface area contributed by atoms with Crippen molar-refractivity contribution in [1.29, 1.82) is 0 Å². The summed E-state index contributed by atoms with van der Waals surface area (Å²) in [6.45, 7) is 1.08. The third-order valence-corrected chi connectivity index (χ3v) is 5.85. The molecule has 31 heavy (non-hydrogen) atoms. The van der Waals surface area contributed by atoms with Crippen molar-refractivity contribution in [2.75, 3.05) is 36.4 Å². The van der Waals surface area contributed by atoms with Crippen LogP contribution in [0.25, 0.3) is 0 Å². The maximum atomic E-state index is 14.1. The first-order valence-electron chi connectivity index (χ1n) is 10.1. The molecule has 2 aliphatic rings. The molecule has 0 bridgehead atoms. The smallest absolute Gasteiger partial charge is 0.336 e. The minimum Gasteiger partial charge on any atom is -0.336 e. The summed E-state index contributed by atoms with van der Waals surface area (Å²) in [6, 6.07) is 15.3. The molecule has 9 heteroatoms. The Morgan fingerprint density at radius 3 is 2.55 bits per heavy atom. The third-order valence-electron chi connectivity index (χ3n) is 5.85. The van der Waals surface area contributed by atoms with Gasteiger partial charge in [-0.2, -0.15) is 13.2 Å². The van der Waals surface area contributed by atoms with Crippen molar-refractivity contribution in [2.24, 2.45) is 5.41 Å². The van der Waals surface area contributed by atoms with E-state index in [0.717, 1.165) is 5.56 Å². The largest absolute Gasteiger partial charge is 0.404 e. The zero-order valence-electron chi connectivity index (χ0n) is 16.8. The van der Waals surface area contributed by atoms with E-state index in [-0.39, 0.29) is 24.7 Å². The molecule has 2 fully saturated rings. The van der Waals surface area contributed by atoms with Crippen LogP contribution in [0.3, 0.4) is 0 Å². The number of likely N-dealkylation sites (tertiary alicyclic amines) is 1. The lowest BCUT2D eigenvalue weighted by Gasteiger charge is -2.30. The average Bonchev–Trinajstić information content (AvgIpc) is 3.36. The van der Waals surface area contributed by atoms with Gasteiger partial charge >= 0.3 is 12.2 Å². The topological polar surface area (TPSA) is 64.7 Å². The summed E-state index contributed by atoms with van der Waals surface area (Å²) in [6.07, 6.45) is -4.99. The first kappa shape index (κ1) is 21.2. The second kappa shape index (κ2) is 8.22. The average molecular weight is 432 g/mol. The molecule has 0 aromatic heterocycles. The van der Waals surface area contributed by atoms with E-state index in [2.05, 4.69) is 10.6 Å². The molecule has 0 spiro atoms. The fourth-order valence-corrected chi connectivity index (χ4v) is 4.13. The highest BCUT2D eigenvalue weighted by atomic mass is 19.4. The Morgan fingerprint density at radius 2 is 1.87 bits per heavy atom. The van der Waals surface area contributed by atoms with Crippen LogP contribution < -0.4 is 15.5 Å². The zero-order valence-corrected chi connectivity index (χ0v) is 16.8. The third kappa shape index (κ3) is 4.23. The summed E-state index contributed by atoms with van der Waals surface area (Å²) in [5, 5.41) is 5.12. The Balaban J connectivity index is 1.51. The van der Waals surface area contributed by atoms with Gasteiger partial charge in [-0.1, -0.05) is 36.4 Å². The molecular formula is C22H23F3N4O2. The van der Waals surface area contributed by atoms with Crippen molar-refractivity contribution in [3.63, 3.8) is 0 Å². The van der Waals surface area contributed by atoms with Crippen LogP contribution in [0.5, 0.6) is 0 Å². The first-order valence-corrected chi connectivity index (χ1v) is 10.1. The van der Waals surface area contributed by atoms with Crippen LogP contribution in [-0.4, -0.2) is 49.2 Å². The van der Waals surface area contributed by atoms with Gasteiger partial charge in [0, 0.05) is 37.6 Å². The van der Waals surface area contributed by atoms with E-state index in [0.29, 0.717) is 25.3 Å². The molecule has 2 aliphatic heterocycles. The number of carbonyl (C=O) groups is 2. The van der Waals surface area contributed by atoms with Crippen molar-refractivity contribution in [2.45, 2.75) is 19.1 Å². The number of hydrogen-bond donors (Lipinski definition) is 2. The number of nitrogens with zero attached hydrogens (tertiary/aromatic N) is 2. The van der Waals surface area contributed by atoms with Crippen LogP contribution in [0.1, 0.15) is 12.0 Å². The summed E-state index contributed by atoms with van der Waals surface area (Å²) in [5.41, 5.74) is -0.834. The van der Waals surface area contributed by atoms with Gasteiger partial charge in [-0.25, -0.2) is 4.79 Å². The van der Waals surface area contributed by atoms with Crippen LogP contribution in [0.4, 0.5) is 29.3 Å². The van der Waals surface area contributed by atoms with Crippen molar-refractivity contribution >= 4 is 23.3 Å². The fourth-order valence-electron chi connectivity index (χ4n) is 4.13. The molecule has 2 N–H and O–H groups in total. The Bertz CT molecular complexity index is 967. The summed E-state index contributed by atoms with van der Waals surface area (Å²) in [5.74, 6) is -1.07. The van der Waals surface area contributed by atoms with Gasteiger partial charge < -0.3 is 10.6 Å². The molecule has 2 aromatic carbocycles. The molecule has 2 heterocycles. The van der Waals surface area contributed by atoms with Crippen molar-refractivity contribution in [1.82, 2.24) is 10.2 Å². The van der Waals surface area contributed by atoms with E-state index >= 15 is 0 Å². The summed E-state index contributed by atoms with van der Waals surface area (Å²) < 4.78 is 42.3. The number of hydrogen-bond acceptors (Lipinski definition) is 3. The lowest BCUT2D eigenvalue weighted by Crippen LogP contribution is -2.49. The maximum absolute atomic E-state index is 14.1. The van der Waals surface area contributed by atoms with Crippen LogP contribution in [0.2, 0.25) is 0 Å². The molecule has 0 saturated carbocycles. The monoisotopic (exact) mass is 432 g/mol. The van der Waals surface area contributed by atoms with Crippen LogP contribution in [0.15, 0.2) is 54.6 Å². The van der Waals surface area contributed by atoms with Gasteiger partial charge in [0.15, 0.2) is 5.41 Å². The van der Waals surface area contributed by atoms with Crippen LogP contribution in [0, 0.1) is 5.41 Å². The number of rotatable bonds is 5. The Morgan fingerprint density at radius 1 is 1.10 bits per heavy atom. The van der Waals surface area contributed by atoms with E-state index in [1.807, 2.05) is 30.3 Å². The molecular weight excluding hydrogens is 409 g/mol. The van der Waals surface area contributed by atoms with Gasteiger partial charge in [0.05, 0.1) is 0 Å². The van der Waals surface area contributed by atoms with Gasteiger partial charge in [0.2, 0.25) is 5.91 Å². The van der Waals surface area contributed by atoms with Gasteiger partial charge in [-0.05, 0) is 36.7 Å². The number of anilines is 2. The Kier molecular flexibility index (Phi) is 5.62. The van der Waals surface area contributed by atoms with Crippen LogP contribution in [-0.2, 0) is 11.3 Å². The first-order chi connectivity index (χ1) is 14.8. The number of nitrogens with one attached hydrogen (secondary N) is 2. The molecule has 6 nitrogen and oxygen atoms in total.